The zero-order chi connectivity index (χ0) is 25.3. The number of urea groups is 1. The Morgan fingerprint density at radius 2 is 1.89 bits per heavy atom. The number of fused-ring (bicyclic) bond motifs is 1. The molecule has 182 valence electrons. The van der Waals surface area contributed by atoms with E-state index in [9.17, 15) is 14.4 Å². The van der Waals surface area contributed by atoms with Crippen LogP contribution in [0.25, 0.3) is 10.9 Å². The van der Waals surface area contributed by atoms with E-state index in [1.54, 1.807) is 18.4 Å². The van der Waals surface area contributed by atoms with Gasteiger partial charge in [-0.1, -0.05) is 30.3 Å². The van der Waals surface area contributed by atoms with E-state index >= 15 is 0 Å². The molecule has 1 saturated heterocycles. The largest absolute Gasteiger partial charge is 0.489 e. The van der Waals surface area contributed by atoms with Gasteiger partial charge in [-0.15, -0.1) is 11.3 Å². The normalized spacial score (nSPS) is 17.1. The summed E-state index contributed by atoms with van der Waals surface area (Å²) in [5.41, 5.74) is 2.95. The standard InChI is InChI=1S/C27H24N4O4S/c1-16-13-18(20-5-3-4-6-22(20)29-16)15-35-19-9-7-17(8-10-19)14-28-24(32)21-11-12-36-23(21)27(2)25(33)30-26(34)31-27/h3-13H,14-15H2,1-2H3,(H,28,32)(H2,30,31,33,34). The molecule has 1 fully saturated rings. The molecule has 1 aliphatic heterocycles. The van der Waals surface area contributed by atoms with Crippen LogP contribution in [0.4, 0.5) is 4.79 Å². The Morgan fingerprint density at radius 1 is 1.11 bits per heavy atom. The van der Waals surface area contributed by atoms with Crippen LogP contribution in [0, 0.1) is 6.92 Å². The van der Waals surface area contributed by atoms with Crippen molar-refractivity contribution < 1.29 is 19.1 Å². The van der Waals surface area contributed by atoms with Gasteiger partial charge in [-0.3, -0.25) is 19.9 Å². The highest BCUT2D eigenvalue weighted by molar-refractivity contribution is 7.10. The van der Waals surface area contributed by atoms with Crippen molar-refractivity contribution in [3.8, 4) is 5.75 Å². The Balaban J connectivity index is 1.21. The lowest BCUT2D eigenvalue weighted by Gasteiger charge is -2.20. The van der Waals surface area contributed by atoms with Crippen LogP contribution in [0.15, 0.2) is 66.0 Å². The van der Waals surface area contributed by atoms with Gasteiger partial charge in [-0.05, 0) is 55.1 Å². The third-order valence-electron chi connectivity index (χ3n) is 6.11. The molecule has 3 heterocycles. The van der Waals surface area contributed by atoms with Gasteiger partial charge in [-0.25, -0.2) is 4.79 Å². The SMILES string of the molecule is Cc1cc(COc2ccc(CNC(=O)c3ccsc3C3(C)NC(=O)NC3=O)cc2)c2ccccc2n1. The average Bonchev–Trinajstić information content (AvgIpc) is 3.46. The summed E-state index contributed by atoms with van der Waals surface area (Å²) in [5, 5.41) is 10.5. The summed E-state index contributed by atoms with van der Waals surface area (Å²) in [6, 6.07) is 18.6. The van der Waals surface area contributed by atoms with Crippen molar-refractivity contribution >= 4 is 40.1 Å². The Kier molecular flexibility index (Phi) is 6.15. The number of benzene rings is 2. The van der Waals surface area contributed by atoms with Gasteiger partial charge in [0.1, 0.15) is 12.4 Å². The first-order valence-electron chi connectivity index (χ1n) is 11.4. The van der Waals surface area contributed by atoms with Crippen LogP contribution in [0.2, 0.25) is 0 Å². The minimum absolute atomic E-state index is 0.303. The molecule has 1 unspecified atom stereocenters. The fourth-order valence-electron chi connectivity index (χ4n) is 4.23. The summed E-state index contributed by atoms with van der Waals surface area (Å²) in [6.07, 6.45) is 0. The van der Waals surface area contributed by atoms with Crippen molar-refractivity contribution in [1.82, 2.24) is 20.9 Å². The number of hydrogen-bond donors (Lipinski definition) is 3. The number of rotatable bonds is 7. The Hall–Kier alpha value is -4.24. The molecule has 0 spiro atoms. The van der Waals surface area contributed by atoms with Gasteiger partial charge in [0.05, 0.1) is 16.0 Å². The molecule has 3 N–H and O–H groups in total. The van der Waals surface area contributed by atoms with Crippen molar-refractivity contribution in [2.24, 2.45) is 0 Å². The summed E-state index contributed by atoms with van der Waals surface area (Å²) in [7, 11) is 0. The van der Waals surface area contributed by atoms with Crippen LogP contribution in [0.3, 0.4) is 0 Å². The number of imide groups is 1. The molecule has 4 aromatic rings. The predicted molar refractivity (Wildman–Crippen MR) is 137 cm³/mol. The lowest BCUT2D eigenvalue weighted by atomic mass is 9.97. The molecule has 36 heavy (non-hydrogen) atoms. The van der Waals surface area contributed by atoms with E-state index in [1.807, 2.05) is 61.5 Å². The third kappa shape index (κ3) is 4.52. The zero-order valence-electron chi connectivity index (χ0n) is 19.8. The maximum atomic E-state index is 12.9. The second kappa shape index (κ2) is 9.43. The van der Waals surface area contributed by atoms with Crippen molar-refractivity contribution in [2.75, 3.05) is 0 Å². The number of amides is 4. The number of aryl methyl sites for hydroxylation is 1. The molecule has 0 aliphatic carbocycles. The second-order valence-corrected chi connectivity index (χ2v) is 9.67. The van der Waals surface area contributed by atoms with Crippen LogP contribution >= 0.6 is 11.3 Å². The van der Waals surface area contributed by atoms with Crippen molar-refractivity contribution in [1.29, 1.82) is 0 Å². The van der Waals surface area contributed by atoms with E-state index in [-0.39, 0.29) is 5.91 Å². The first-order valence-corrected chi connectivity index (χ1v) is 12.3. The Bertz CT molecular complexity index is 1480. The maximum absolute atomic E-state index is 12.9. The van der Waals surface area contributed by atoms with Crippen LogP contribution in [-0.2, 0) is 23.5 Å². The first-order chi connectivity index (χ1) is 17.3. The minimum Gasteiger partial charge on any atom is -0.489 e. The highest BCUT2D eigenvalue weighted by Gasteiger charge is 2.46. The minimum atomic E-state index is -1.27. The maximum Gasteiger partial charge on any atom is 0.322 e. The summed E-state index contributed by atoms with van der Waals surface area (Å²) in [5.74, 6) is -0.0733. The average molecular weight is 501 g/mol. The van der Waals surface area contributed by atoms with Crippen LogP contribution in [-0.4, -0.2) is 22.8 Å². The van der Waals surface area contributed by atoms with Crippen LogP contribution < -0.4 is 20.7 Å². The van der Waals surface area contributed by atoms with Crippen LogP contribution in [0.5, 0.6) is 5.75 Å². The molecule has 8 nitrogen and oxygen atoms in total. The number of pyridine rings is 1. The molecule has 9 heteroatoms. The first kappa shape index (κ1) is 23.5. The monoisotopic (exact) mass is 500 g/mol. The molecule has 2 aromatic carbocycles. The van der Waals surface area contributed by atoms with Gasteiger partial charge in [0, 0.05) is 23.2 Å². The third-order valence-corrected chi connectivity index (χ3v) is 7.25. The lowest BCUT2D eigenvalue weighted by Crippen LogP contribution is -2.41. The molecular weight excluding hydrogens is 476 g/mol. The summed E-state index contributed by atoms with van der Waals surface area (Å²) in [6.45, 7) is 4.28. The molecular formula is C27H24N4O4S. The van der Waals surface area contributed by atoms with Gasteiger partial charge in [-0.2, -0.15) is 0 Å². The fraction of sp³-hybridized carbons (Fsp3) is 0.185. The Morgan fingerprint density at radius 3 is 2.64 bits per heavy atom. The van der Waals surface area contributed by atoms with E-state index in [1.165, 1.54) is 11.3 Å². The van der Waals surface area contributed by atoms with E-state index in [2.05, 4.69) is 20.9 Å². The number of ether oxygens (including phenoxy) is 1. The molecule has 0 bridgehead atoms. The van der Waals surface area contributed by atoms with Crippen molar-refractivity contribution in [3.05, 3.63) is 93.3 Å². The number of para-hydroxylation sites is 1. The summed E-state index contributed by atoms with van der Waals surface area (Å²) >= 11 is 1.25. The number of thiophene rings is 1. The smallest absolute Gasteiger partial charge is 0.322 e. The second-order valence-electron chi connectivity index (χ2n) is 8.75. The van der Waals surface area contributed by atoms with Crippen molar-refractivity contribution in [3.63, 3.8) is 0 Å². The number of aromatic nitrogens is 1. The molecule has 1 aliphatic rings. The van der Waals surface area contributed by atoms with E-state index < -0.39 is 17.5 Å². The van der Waals surface area contributed by atoms with Gasteiger partial charge >= 0.3 is 6.03 Å². The number of hydrogen-bond acceptors (Lipinski definition) is 6. The lowest BCUT2D eigenvalue weighted by molar-refractivity contribution is -0.123. The van der Waals surface area contributed by atoms with Crippen LogP contribution in [0.1, 0.15) is 39.0 Å². The van der Waals surface area contributed by atoms with Gasteiger partial charge in [0.25, 0.3) is 11.8 Å². The van der Waals surface area contributed by atoms with E-state index in [4.69, 9.17) is 4.74 Å². The summed E-state index contributed by atoms with van der Waals surface area (Å²) < 4.78 is 6.01. The zero-order valence-corrected chi connectivity index (χ0v) is 20.6. The number of carbonyl (C=O) groups excluding carboxylic acids is 3. The number of nitrogens with one attached hydrogen (secondary N) is 3. The van der Waals surface area contributed by atoms with E-state index in [0.29, 0.717) is 23.6 Å². The summed E-state index contributed by atoms with van der Waals surface area (Å²) in [4.78, 5) is 41.8. The van der Waals surface area contributed by atoms with Gasteiger partial charge in [0.15, 0.2) is 5.54 Å². The molecule has 0 radical (unpaired) electrons. The predicted octanol–water partition coefficient (Wildman–Crippen LogP) is 4.17. The molecule has 1 atom stereocenters. The molecule has 4 amide bonds. The highest BCUT2D eigenvalue weighted by Crippen LogP contribution is 2.32. The van der Waals surface area contributed by atoms with E-state index in [0.717, 1.165) is 33.5 Å². The fourth-order valence-corrected chi connectivity index (χ4v) is 5.24. The number of carbonyl (C=O) groups is 3. The number of nitrogens with zero attached hydrogens (tertiary/aromatic N) is 1. The quantitative estimate of drug-likeness (QED) is 0.330. The van der Waals surface area contributed by atoms with Gasteiger partial charge in [0.2, 0.25) is 0 Å². The molecule has 5 rings (SSSR count). The Labute approximate surface area is 211 Å². The highest BCUT2D eigenvalue weighted by atomic mass is 32.1. The van der Waals surface area contributed by atoms with Crippen molar-refractivity contribution in [2.45, 2.75) is 32.5 Å². The van der Waals surface area contributed by atoms with Gasteiger partial charge < -0.3 is 15.4 Å². The topological polar surface area (TPSA) is 109 Å². The molecule has 2 aromatic heterocycles. The molecule has 0 saturated carbocycles.